The van der Waals surface area contributed by atoms with Gasteiger partial charge in [-0.3, -0.25) is 0 Å². The Balaban J connectivity index is 1.15. The third-order valence-electron chi connectivity index (χ3n) is 12.3. The average Bonchev–Trinajstić information content (AvgIpc) is 3.72. The Morgan fingerprint density at radius 2 is 0.855 bits per heavy atom. The molecule has 0 radical (unpaired) electrons. The van der Waals surface area contributed by atoms with E-state index < -0.39 is 5.41 Å². The summed E-state index contributed by atoms with van der Waals surface area (Å²) in [5, 5.41) is 2.59. The molecule has 9 aromatic rings. The minimum atomic E-state index is -0.422. The van der Waals surface area contributed by atoms with E-state index in [1.54, 1.807) is 0 Å². The van der Waals surface area contributed by atoms with Crippen LogP contribution in [0.3, 0.4) is 0 Å². The largest absolute Gasteiger partial charge is 0.0725 e. The maximum absolute atomic E-state index is 2.56. The van der Waals surface area contributed by atoms with Crippen LogP contribution in [0, 0.1) is 6.92 Å². The molecule has 258 valence electrons. The fourth-order valence-corrected chi connectivity index (χ4v) is 9.79. The van der Waals surface area contributed by atoms with E-state index in [1.807, 2.05) is 0 Å². The van der Waals surface area contributed by atoms with Crippen molar-refractivity contribution in [1.82, 2.24) is 0 Å². The molecule has 0 N–H and O–H groups in total. The Morgan fingerprint density at radius 1 is 0.345 bits per heavy atom. The molecule has 11 rings (SSSR count). The summed E-state index contributed by atoms with van der Waals surface area (Å²) in [5.74, 6) is 0.0339. The Hall–Kier alpha value is -6.76. The number of aryl methyl sites for hydroxylation is 1. The van der Waals surface area contributed by atoms with Crippen molar-refractivity contribution >= 4 is 10.8 Å². The molecule has 0 heteroatoms. The molecular formula is C55H38. The van der Waals surface area contributed by atoms with E-state index in [-0.39, 0.29) is 5.92 Å². The van der Waals surface area contributed by atoms with Gasteiger partial charge in [0.1, 0.15) is 0 Å². The molecule has 0 fully saturated rings. The molecule has 0 amide bonds. The molecule has 0 bridgehead atoms. The van der Waals surface area contributed by atoms with Gasteiger partial charge in [0.15, 0.2) is 0 Å². The molecule has 1 spiro atoms. The lowest BCUT2D eigenvalue weighted by Crippen LogP contribution is -2.26. The number of hydrogen-bond acceptors (Lipinski definition) is 0. The second-order valence-corrected chi connectivity index (χ2v) is 15.3. The first-order valence-electron chi connectivity index (χ1n) is 19.4. The van der Waals surface area contributed by atoms with Crippen LogP contribution in [-0.2, 0) is 5.41 Å². The zero-order chi connectivity index (χ0) is 36.5. The van der Waals surface area contributed by atoms with Crippen molar-refractivity contribution < 1.29 is 0 Å². The fraction of sp³-hybridized carbons (Fsp3) is 0.0545. The summed E-state index contributed by atoms with van der Waals surface area (Å²) in [7, 11) is 0. The summed E-state index contributed by atoms with van der Waals surface area (Å²) in [6, 6.07) is 77.3. The molecule has 0 nitrogen and oxygen atoms in total. The van der Waals surface area contributed by atoms with Gasteiger partial charge < -0.3 is 0 Å². The maximum atomic E-state index is 2.56. The predicted molar refractivity (Wildman–Crippen MR) is 230 cm³/mol. The van der Waals surface area contributed by atoms with Gasteiger partial charge in [0.25, 0.3) is 0 Å². The summed E-state index contributed by atoms with van der Waals surface area (Å²) in [4.78, 5) is 0. The van der Waals surface area contributed by atoms with Gasteiger partial charge in [-0.15, -0.1) is 0 Å². The smallest absolute Gasteiger partial charge is 0.0622 e. The molecular weight excluding hydrogens is 661 g/mol. The maximum Gasteiger partial charge on any atom is 0.0725 e. The molecule has 0 saturated heterocycles. The van der Waals surface area contributed by atoms with Crippen LogP contribution in [0.1, 0.15) is 50.4 Å². The topological polar surface area (TPSA) is 0 Å². The quantitative estimate of drug-likeness (QED) is 0.157. The molecule has 55 heavy (non-hydrogen) atoms. The highest BCUT2D eigenvalue weighted by Gasteiger charge is 2.52. The van der Waals surface area contributed by atoms with Gasteiger partial charge in [-0.05, 0) is 101 Å². The first-order valence-corrected chi connectivity index (χ1v) is 19.4. The Bertz CT molecular complexity index is 2850. The van der Waals surface area contributed by atoms with Gasteiger partial charge in [-0.1, -0.05) is 212 Å². The summed E-state index contributed by atoms with van der Waals surface area (Å²) in [5.41, 5.74) is 20.5. The third kappa shape index (κ3) is 4.78. The van der Waals surface area contributed by atoms with E-state index in [1.165, 1.54) is 99.8 Å². The second-order valence-electron chi connectivity index (χ2n) is 15.3. The van der Waals surface area contributed by atoms with Crippen molar-refractivity contribution in [1.29, 1.82) is 0 Å². The van der Waals surface area contributed by atoms with Gasteiger partial charge in [-0.25, -0.2) is 0 Å². The highest BCUT2D eigenvalue weighted by atomic mass is 14.5. The number of fused-ring (bicyclic) bond motifs is 12. The Kier molecular flexibility index (Phi) is 7.16. The fourth-order valence-electron chi connectivity index (χ4n) is 9.79. The van der Waals surface area contributed by atoms with Gasteiger partial charge in [-0.2, -0.15) is 0 Å². The van der Waals surface area contributed by atoms with Crippen molar-refractivity contribution in [3.63, 3.8) is 0 Å². The third-order valence-corrected chi connectivity index (χ3v) is 12.3. The lowest BCUT2D eigenvalue weighted by Gasteiger charge is -2.31. The van der Waals surface area contributed by atoms with Crippen LogP contribution < -0.4 is 0 Å². The van der Waals surface area contributed by atoms with Crippen LogP contribution in [0.2, 0.25) is 0 Å². The Morgan fingerprint density at radius 3 is 1.49 bits per heavy atom. The van der Waals surface area contributed by atoms with Gasteiger partial charge in [0.05, 0.1) is 5.41 Å². The van der Waals surface area contributed by atoms with Gasteiger partial charge in [0.2, 0.25) is 0 Å². The second kappa shape index (κ2) is 12.4. The van der Waals surface area contributed by atoms with Crippen molar-refractivity contribution in [2.45, 2.75) is 18.3 Å². The number of hydrogen-bond donors (Lipinski definition) is 0. The monoisotopic (exact) mass is 698 g/mol. The first kappa shape index (κ1) is 31.7. The van der Waals surface area contributed by atoms with Gasteiger partial charge >= 0.3 is 0 Å². The molecule has 0 saturated carbocycles. The standard InChI is InChI=1S/C55H38/c1-36-19-21-38(22-20-36)40-25-29-43(30-26-40)53(42-27-23-39(24-28-42)37-11-3-2-4-12-37)44-31-33-48-52(35-44)55(51-34-32-41-13-5-6-14-45(41)54(48)51)49-17-9-7-15-46(49)47-16-8-10-18-50(47)55/h2-35,53H,1H3. The molecule has 2 aliphatic carbocycles. The average molecular weight is 699 g/mol. The van der Waals surface area contributed by atoms with Crippen LogP contribution >= 0.6 is 0 Å². The zero-order valence-corrected chi connectivity index (χ0v) is 30.7. The van der Waals surface area contributed by atoms with Crippen LogP contribution in [0.25, 0.3) is 55.3 Å². The zero-order valence-electron chi connectivity index (χ0n) is 30.7. The Labute approximate surface area is 323 Å². The number of rotatable bonds is 5. The molecule has 9 aromatic carbocycles. The van der Waals surface area contributed by atoms with Crippen molar-refractivity contribution in [3.05, 3.63) is 251 Å². The van der Waals surface area contributed by atoms with Crippen molar-refractivity contribution in [2.75, 3.05) is 0 Å². The summed E-state index contributed by atoms with van der Waals surface area (Å²) in [6.45, 7) is 2.14. The lowest BCUT2D eigenvalue weighted by atomic mass is 9.69. The highest BCUT2D eigenvalue weighted by Crippen LogP contribution is 2.64. The predicted octanol–water partition coefficient (Wildman–Crippen LogP) is 14.0. The summed E-state index contributed by atoms with van der Waals surface area (Å²) >= 11 is 0. The van der Waals surface area contributed by atoms with E-state index in [0.29, 0.717) is 0 Å². The molecule has 0 heterocycles. The molecule has 1 unspecified atom stereocenters. The summed E-state index contributed by atoms with van der Waals surface area (Å²) < 4.78 is 0. The van der Waals surface area contributed by atoms with Crippen LogP contribution in [0.15, 0.2) is 206 Å². The normalized spacial score (nSPS) is 13.6. The van der Waals surface area contributed by atoms with Crippen LogP contribution in [0.4, 0.5) is 0 Å². The van der Waals surface area contributed by atoms with Crippen LogP contribution in [0.5, 0.6) is 0 Å². The van der Waals surface area contributed by atoms with Crippen LogP contribution in [-0.4, -0.2) is 0 Å². The first-order chi connectivity index (χ1) is 27.2. The van der Waals surface area contributed by atoms with E-state index in [0.717, 1.165) is 0 Å². The minimum Gasteiger partial charge on any atom is -0.0622 e. The SMILES string of the molecule is Cc1ccc(-c2ccc(C(c3ccc(-c4ccccc4)cc3)c3ccc4c(c3)C3(c5ccccc5-c5ccccc53)c3ccc5ccccc5c3-4)cc2)cc1. The van der Waals surface area contributed by atoms with Crippen molar-refractivity contribution in [3.8, 4) is 44.5 Å². The lowest BCUT2D eigenvalue weighted by molar-refractivity contribution is 0.790. The molecule has 0 aromatic heterocycles. The van der Waals surface area contributed by atoms with E-state index in [2.05, 4.69) is 213 Å². The molecule has 1 atom stereocenters. The number of benzene rings is 9. The van der Waals surface area contributed by atoms with E-state index in [9.17, 15) is 0 Å². The minimum absolute atomic E-state index is 0.0339. The van der Waals surface area contributed by atoms with Gasteiger partial charge in [0, 0.05) is 5.92 Å². The van der Waals surface area contributed by atoms with E-state index in [4.69, 9.17) is 0 Å². The molecule has 0 aliphatic heterocycles. The molecule has 2 aliphatic rings. The van der Waals surface area contributed by atoms with Crippen molar-refractivity contribution in [2.24, 2.45) is 0 Å². The van der Waals surface area contributed by atoms with E-state index >= 15 is 0 Å². The summed E-state index contributed by atoms with van der Waals surface area (Å²) in [6.07, 6.45) is 0. The highest BCUT2D eigenvalue weighted by molar-refractivity contribution is 6.06.